The summed E-state index contributed by atoms with van der Waals surface area (Å²) in [7, 11) is 0. The number of para-hydroxylation sites is 1. The fraction of sp³-hybridized carbons (Fsp3) is 0.120. The minimum absolute atomic E-state index is 0.0118. The molecule has 162 valence electrons. The fourth-order valence-electron chi connectivity index (χ4n) is 3.56. The van der Waals surface area contributed by atoms with Crippen LogP contribution in [0.4, 0.5) is 4.39 Å². The Morgan fingerprint density at radius 2 is 1.66 bits per heavy atom. The lowest BCUT2D eigenvalue weighted by Gasteiger charge is -2.19. The second-order valence-electron chi connectivity index (χ2n) is 7.38. The minimum atomic E-state index is -0.884. The number of amides is 2. The lowest BCUT2D eigenvalue weighted by Crippen LogP contribution is -2.48. The molecule has 0 aliphatic carbocycles. The predicted octanol–water partition coefficient (Wildman–Crippen LogP) is 4.62. The van der Waals surface area contributed by atoms with Gasteiger partial charge in [0.2, 0.25) is 5.91 Å². The summed E-state index contributed by atoms with van der Waals surface area (Å²) in [4.78, 5) is 29.1. The van der Waals surface area contributed by atoms with Crippen LogP contribution in [0, 0.1) is 5.82 Å². The number of hydrogen-bond acceptors (Lipinski definition) is 2. The molecule has 3 N–H and O–H groups in total. The molecule has 0 saturated heterocycles. The molecule has 4 rings (SSSR count). The lowest BCUT2D eigenvalue weighted by atomic mass is 10.0. The Kier molecular flexibility index (Phi) is 6.52. The average molecular weight is 450 g/mol. The van der Waals surface area contributed by atoms with Gasteiger partial charge in [0, 0.05) is 35.6 Å². The Bertz CT molecular complexity index is 1270. The molecular formula is C25H21ClFN3O2. The third kappa shape index (κ3) is 4.81. The molecule has 7 heteroatoms. The molecule has 0 unspecified atom stereocenters. The van der Waals surface area contributed by atoms with Gasteiger partial charge in [0.15, 0.2) is 0 Å². The summed E-state index contributed by atoms with van der Waals surface area (Å²) in [6.07, 6.45) is 2.08. The van der Waals surface area contributed by atoms with Gasteiger partial charge >= 0.3 is 0 Å². The predicted molar refractivity (Wildman–Crippen MR) is 123 cm³/mol. The summed E-state index contributed by atoms with van der Waals surface area (Å²) < 4.78 is 14.0. The summed E-state index contributed by atoms with van der Waals surface area (Å²) in [5.41, 5.74) is 2.46. The van der Waals surface area contributed by atoms with E-state index in [1.807, 2.05) is 30.5 Å². The average Bonchev–Trinajstić information content (AvgIpc) is 3.21. The molecule has 0 aliphatic heterocycles. The highest BCUT2D eigenvalue weighted by molar-refractivity contribution is 6.33. The van der Waals surface area contributed by atoms with Crippen molar-refractivity contribution in [1.29, 1.82) is 0 Å². The van der Waals surface area contributed by atoms with E-state index in [0.717, 1.165) is 16.5 Å². The van der Waals surface area contributed by atoms with E-state index in [1.165, 1.54) is 6.07 Å². The van der Waals surface area contributed by atoms with Gasteiger partial charge in [-0.15, -0.1) is 0 Å². The molecule has 1 heterocycles. The first-order chi connectivity index (χ1) is 15.5. The zero-order valence-corrected chi connectivity index (χ0v) is 17.8. The third-order valence-corrected chi connectivity index (χ3v) is 5.58. The van der Waals surface area contributed by atoms with Gasteiger partial charge in [0.1, 0.15) is 11.9 Å². The minimum Gasteiger partial charge on any atom is -0.361 e. The molecule has 0 radical (unpaired) electrons. The smallest absolute Gasteiger partial charge is 0.253 e. The molecule has 4 aromatic rings. The van der Waals surface area contributed by atoms with Crippen LogP contribution in [-0.4, -0.2) is 22.8 Å². The van der Waals surface area contributed by atoms with Gasteiger partial charge in [-0.2, -0.15) is 0 Å². The monoisotopic (exact) mass is 449 g/mol. The lowest BCUT2D eigenvalue weighted by molar-refractivity contribution is -0.123. The Morgan fingerprint density at radius 1 is 0.938 bits per heavy atom. The number of aromatic nitrogens is 1. The van der Waals surface area contributed by atoms with E-state index >= 15 is 0 Å². The Hall–Kier alpha value is -3.64. The van der Waals surface area contributed by atoms with Crippen molar-refractivity contribution in [3.05, 3.63) is 107 Å². The standard InChI is InChI=1S/C25H21ClFN3O2/c26-20-10-4-2-9-19(20)24(31)30-23(13-17-15-28-22-12-6-3-8-18(17)22)25(32)29-14-16-7-1-5-11-21(16)27/h1-12,15,23,28H,13-14H2,(H,29,32)(H,30,31)/t23-/m1/s1. The van der Waals surface area contributed by atoms with Crippen molar-refractivity contribution in [2.24, 2.45) is 0 Å². The normalized spacial score (nSPS) is 11.8. The van der Waals surface area contributed by atoms with E-state index in [0.29, 0.717) is 10.6 Å². The third-order valence-electron chi connectivity index (χ3n) is 5.25. The summed E-state index contributed by atoms with van der Waals surface area (Å²) in [6.45, 7) is 0.0118. The van der Waals surface area contributed by atoms with E-state index in [9.17, 15) is 14.0 Å². The number of nitrogens with one attached hydrogen (secondary N) is 3. The van der Waals surface area contributed by atoms with Gasteiger partial charge in [-0.3, -0.25) is 9.59 Å². The highest BCUT2D eigenvalue weighted by Crippen LogP contribution is 2.20. The summed E-state index contributed by atoms with van der Waals surface area (Å²) in [5, 5.41) is 6.78. The van der Waals surface area contributed by atoms with Gasteiger partial charge < -0.3 is 15.6 Å². The molecule has 2 amide bonds. The Labute approximate surface area is 189 Å². The maximum Gasteiger partial charge on any atom is 0.253 e. The second-order valence-corrected chi connectivity index (χ2v) is 7.79. The highest BCUT2D eigenvalue weighted by atomic mass is 35.5. The zero-order valence-electron chi connectivity index (χ0n) is 17.1. The van der Waals surface area contributed by atoms with Gasteiger partial charge in [0.25, 0.3) is 5.91 Å². The zero-order chi connectivity index (χ0) is 22.5. The summed E-state index contributed by atoms with van der Waals surface area (Å²) in [6, 6.07) is 19.7. The number of aromatic amines is 1. The van der Waals surface area contributed by atoms with Crippen LogP contribution >= 0.6 is 11.6 Å². The van der Waals surface area contributed by atoms with E-state index < -0.39 is 23.7 Å². The van der Waals surface area contributed by atoms with Crippen LogP contribution in [0.3, 0.4) is 0 Å². The van der Waals surface area contributed by atoms with E-state index in [4.69, 9.17) is 11.6 Å². The Morgan fingerprint density at radius 3 is 2.47 bits per heavy atom. The van der Waals surface area contributed by atoms with Crippen molar-refractivity contribution in [2.75, 3.05) is 0 Å². The number of H-pyrrole nitrogens is 1. The van der Waals surface area contributed by atoms with Crippen molar-refractivity contribution in [3.8, 4) is 0 Å². The molecule has 0 saturated carbocycles. The van der Waals surface area contributed by atoms with Crippen LogP contribution in [0.2, 0.25) is 5.02 Å². The fourth-order valence-corrected chi connectivity index (χ4v) is 3.78. The largest absolute Gasteiger partial charge is 0.361 e. The molecule has 5 nitrogen and oxygen atoms in total. The van der Waals surface area contributed by atoms with Crippen LogP contribution in [-0.2, 0) is 17.8 Å². The van der Waals surface area contributed by atoms with E-state index in [2.05, 4.69) is 15.6 Å². The first-order valence-corrected chi connectivity index (χ1v) is 10.5. The Balaban J connectivity index is 1.56. The van der Waals surface area contributed by atoms with E-state index in [-0.39, 0.29) is 18.5 Å². The number of fused-ring (bicyclic) bond motifs is 1. The van der Waals surface area contributed by atoms with Crippen LogP contribution in [0.1, 0.15) is 21.5 Å². The molecule has 32 heavy (non-hydrogen) atoms. The van der Waals surface area contributed by atoms with Gasteiger partial charge in [-0.1, -0.05) is 60.1 Å². The quantitative estimate of drug-likeness (QED) is 0.385. The highest BCUT2D eigenvalue weighted by Gasteiger charge is 2.24. The maximum absolute atomic E-state index is 14.0. The topological polar surface area (TPSA) is 74.0 Å². The van der Waals surface area contributed by atoms with Crippen molar-refractivity contribution in [3.63, 3.8) is 0 Å². The summed E-state index contributed by atoms with van der Waals surface area (Å²) in [5.74, 6) is -1.28. The van der Waals surface area contributed by atoms with Crippen LogP contribution < -0.4 is 10.6 Å². The molecule has 0 aliphatic rings. The molecule has 0 fully saturated rings. The number of carbonyl (C=O) groups excluding carboxylic acids is 2. The van der Waals surface area contributed by atoms with Crippen molar-refractivity contribution >= 4 is 34.3 Å². The molecule has 0 bridgehead atoms. The molecule has 0 spiro atoms. The molecule has 1 aromatic heterocycles. The SMILES string of the molecule is O=C(N[C@H](Cc1c[nH]c2ccccc12)C(=O)NCc1ccccc1F)c1ccccc1Cl. The number of hydrogen-bond donors (Lipinski definition) is 3. The number of benzene rings is 3. The van der Waals surface area contributed by atoms with Crippen LogP contribution in [0.15, 0.2) is 79.0 Å². The van der Waals surface area contributed by atoms with Gasteiger partial charge in [0.05, 0.1) is 10.6 Å². The van der Waals surface area contributed by atoms with Crippen LogP contribution in [0.25, 0.3) is 10.9 Å². The molecule has 1 atom stereocenters. The van der Waals surface area contributed by atoms with Crippen molar-refractivity contribution < 1.29 is 14.0 Å². The number of carbonyl (C=O) groups is 2. The van der Waals surface area contributed by atoms with Crippen LogP contribution in [0.5, 0.6) is 0 Å². The first kappa shape index (κ1) is 21.6. The van der Waals surface area contributed by atoms with Crippen molar-refractivity contribution in [2.45, 2.75) is 19.0 Å². The van der Waals surface area contributed by atoms with Crippen molar-refractivity contribution in [1.82, 2.24) is 15.6 Å². The number of rotatable bonds is 7. The molecule has 3 aromatic carbocycles. The first-order valence-electron chi connectivity index (χ1n) is 10.1. The molecular weight excluding hydrogens is 429 g/mol. The van der Waals surface area contributed by atoms with Gasteiger partial charge in [-0.05, 0) is 29.8 Å². The summed E-state index contributed by atoms with van der Waals surface area (Å²) >= 11 is 6.15. The van der Waals surface area contributed by atoms with E-state index in [1.54, 1.807) is 42.5 Å². The maximum atomic E-state index is 14.0. The number of halogens is 2. The van der Waals surface area contributed by atoms with Gasteiger partial charge in [-0.25, -0.2) is 4.39 Å². The second kappa shape index (κ2) is 9.66.